The minimum atomic E-state index is -0.531. The number of aromatic nitrogens is 1. The number of benzene rings is 2. The van der Waals surface area contributed by atoms with Crippen LogP contribution >= 0.6 is 15.9 Å². The topological polar surface area (TPSA) is 31.2 Å². The molecule has 0 bridgehead atoms. The Balaban J connectivity index is 2.25. The van der Waals surface area contributed by atoms with Gasteiger partial charge in [-0.25, -0.2) is 4.79 Å². The molecule has 0 aliphatic carbocycles. The van der Waals surface area contributed by atoms with Crippen molar-refractivity contribution in [3.05, 3.63) is 64.3 Å². The first kappa shape index (κ1) is 19.4. The minimum absolute atomic E-state index is 0.237. The second kappa shape index (κ2) is 7.72. The fourth-order valence-electron chi connectivity index (χ4n) is 3.30. The lowest BCUT2D eigenvalue weighted by Gasteiger charge is -2.04. The van der Waals surface area contributed by atoms with Gasteiger partial charge < -0.3 is 9.30 Å². The third-order valence-corrected chi connectivity index (χ3v) is 8.70. The Morgan fingerprint density at radius 3 is 2.38 bits per heavy atom. The molecule has 0 spiro atoms. The molecule has 0 radical (unpaired) electrons. The number of hydrogen-bond donors (Lipinski definition) is 0. The molecular weight excluding hydrogens is 505 g/mol. The lowest BCUT2D eigenvalue weighted by Crippen LogP contribution is -3.62. The van der Waals surface area contributed by atoms with Gasteiger partial charge >= 0.3 is 27.2 Å². The summed E-state index contributed by atoms with van der Waals surface area (Å²) in [5, 5.41) is 1.14. The van der Waals surface area contributed by atoms with Gasteiger partial charge in [-0.15, -0.1) is 0 Å². The van der Waals surface area contributed by atoms with E-state index in [-0.39, 0.29) is 5.97 Å². The molecule has 2 aromatic carbocycles. The maximum Gasteiger partial charge on any atom is 0.361 e. The van der Waals surface area contributed by atoms with E-state index in [1.165, 1.54) is 20.3 Å². The van der Waals surface area contributed by atoms with Crippen LogP contribution in [0, 0.1) is 27.9 Å². The van der Waals surface area contributed by atoms with Gasteiger partial charge in [-0.2, -0.15) is 0 Å². The van der Waals surface area contributed by atoms with Crippen molar-refractivity contribution >= 4 is 32.8 Å². The van der Waals surface area contributed by atoms with E-state index in [4.69, 9.17) is 4.74 Å². The molecule has 0 fully saturated rings. The Labute approximate surface area is 173 Å². The molecular formula is C21H22BrINO2+. The summed E-state index contributed by atoms with van der Waals surface area (Å²) in [7, 11) is 1.95. The summed E-state index contributed by atoms with van der Waals surface area (Å²) in [4.78, 5) is 12.7. The number of ether oxygens (including phenoxy) is 1. The molecule has 3 nitrogen and oxygen atoms in total. The van der Waals surface area contributed by atoms with E-state index < -0.39 is 21.2 Å². The van der Waals surface area contributed by atoms with Crippen molar-refractivity contribution in [1.82, 2.24) is 4.57 Å². The van der Waals surface area contributed by atoms with Crippen molar-refractivity contribution in [2.24, 2.45) is 7.05 Å². The van der Waals surface area contributed by atoms with E-state index in [1.54, 1.807) is 0 Å². The fourth-order valence-corrected chi connectivity index (χ4v) is 6.92. The molecule has 0 atom stereocenters. The molecule has 26 heavy (non-hydrogen) atoms. The largest absolute Gasteiger partial charge is 0.461 e. The zero-order chi connectivity index (χ0) is 19.0. The van der Waals surface area contributed by atoms with Crippen LogP contribution in [0.4, 0.5) is 0 Å². The van der Waals surface area contributed by atoms with Crippen LogP contribution in [0.5, 0.6) is 0 Å². The van der Waals surface area contributed by atoms with Crippen LogP contribution in [0.25, 0.3) is 10.9 Å². The maximum absolute atomic E-state index is 12.7. The molecule has 5 heteroatoms. The van der Waals surface area contributed by atoms with Crippen molar-refractivity contribution in [1.29, 1.82) is 0 Å². The van der Waals surface area contributed by atoms with Crippen LogP contribution in [0.15, 0.2) is 34.8 Å². The predicted octanol–water partition coefficient (Wildman–Crippen LogP) is 2.17. The molecule has 1 heterocycles. The summed E-state index contributed by atoms with van der Waals surface area (Å²) >= 11 is 3.05. The standard InChI is InChI=1S/C21H22BrINO2/c1-6-26-21(25)20-19(16-11-15(22)7-8-17(16)24(20)5)23-18-13(3)9-12(2)10-14(18)4/h7-11H,6H2,1-5H3/q+1. The van der Waals surface area contributed by atoms with Crippen molar-refractivity contribution in [2.75, 3.05) is 6.61 Å². The van der Waals surface area contributed by atoms with Crippen LogP contribution in [-0.4, -0.2) is 17.1 Å². The third-order valence-electron chi connectivity index (χ3n) is 4.34. The molecule has 0 saturated carbocycles. The van der Waals surface area contributed by atoms with E-state index in [2.05, 4.69) is 61.0 Å². The number of carbonyl (C=O) groups is 1. The van der Waals surface area contributed by atoms with Gasteiger partial charge in [-0.05, 0) is 45.9 Å². The normalized spacial score (nSPS) is 11.2. The maximum atomic E-state index is 12.7. The van der Waals surface area contributed by atoms with E-state index in [0.717, 1.165) is 18.9 Å². The SMILES string of the molecule is CCOC(=O)c1c([I+]c2c(C)cc(C)cc2C)c2cc(Br)ccc2n1C. The number of carbonyl (C=O) groups excluding carboxylic acids is 1. The third kappa shape index (κ3) is 3.56. The molecule has 0 aliphatic rings. The van der Waals surface area contributed by atoms with E-state index in [9.17, 15) is 4.79 Å². The molecule has 3 aromatic rings. The van der Waals surface area contributed by atoms with Crippen LogP contribution in [-0.2, 0) is 11.8 Å². The van der Waals surface area contributed by atoms with Crippen molar-refractivity contribution in [3.8, 4) is 0 Å². The predicted molar refractivity (Wildman–Crippen MR) is 105 cm³/mol. The molecule has 0 N–H and O–H groups in total. The van der Waals surface area contributed by atoms with Gasteiger partial charge in [-0.3, -0.25) is 0 Å². The van der Waals surface area contributed by atoms with Gasteiger partial charge in [-0.1, -0.05) is 33.6 Å². The summed E-state index contributed by atoms with van der Waals surface area (Å²) in [5.74, 6) is -0.237. The number of halogens is 2. The molecule has 0 aliphatic heterocycles. The highest BCUT2D eigenvalue weighted by molar-refractivity contribution is 9.10. The van der Waals surface area contributed by atoms with Gasteiger partial charge in [0.05, 0.1) is 17.5 Å². The summed E-state index contributed by atoms with van der Waals surface area (Å²) in [6, 6.07) is 10.7. The highest BCUT2D eigenvalue weighted by Gasteiger charge is 2.34. The average Bonchev–Trinajstić information content (AvgIpc) is 2.82. The number of fused-ring (bicyclic) bond motifs is 1. The second-order valence-electron chi connectivity index (χ2n) is 6.41. The number of aryl methyl sites for hydroxylation is 4. The van der Waals surface area contributed by atoms with Crippen molar-refractivity contribution in [3.63, 3.8) is 0 Å². The van der Waals surface area contributed by atoms with Crippen LogP contribution in [0.1, 0.15) is 34.1 Å². The van der Waals surface area contributed by atoms with Crippen LogP contribution in [0.2, 0.25) is 0 Å². The van der Waals surface area contributed by atoms with Gasteiger partial charge in [0.25, 0.3) is 0 Å². The number of nitrogens with zero attached hydrogens (tertiary/aromatic N) is 1. The van der Waals surface area contributed by atoms with E-state index >= 15 is 0 Å². The quantitative estimate of drug-likeness (QED) is 0.385. The molecule has 0 saturated heterocycles. The molecule has 3 rings (SSSR count). The lowest BCUT2D eigenvalue weighted by molar-refractivity contribution is -0.596. The number of rotatable bonds is 4. The number of hydrogen-bond acceptors (Lipinski definition) is 2. The average molecular weight is 527 g/mol. The Morgan fingerprint density at radius 1 is 1.12 bits per heavy atom. The van der Waals surface area contributed by atoms with E-state index in [0.29, 0.717) is 12.3 Å². The first-order chi connectivity index (χ1) is 12.3. The first-order valence-corrected chi connectivity index (χ1v) is 11.5. The summed E-state index contributed by atoms with van der Waals surface area (Å²) in [5.41, 5.74) is 5.63. The minimum Gasteiger partial charge on any atom is -0.461 e. The zero-order valence-corrected chi connectivity index (χ0v) is 19.4. The molecule has 0 unspecified atom stereocenters. The van der Waals surface area contributed by atoms with Gasteiger partial charge in [0, 0.05) is 22.6 Å². The summed E-state index contributed by atoms with van der Waals surface area (Å²) in [6.45, 7) is 8.69. The van der Waals surface area contributed by atoms with Gasteiger partial charge in [0.15, 0.2) is 9.26 Å². The van der Waals surface area contributed by atoms with Gasteiger partial charge in [0.2, 0.25) is 3.57 Å². The van der Waals surface area contributed by atoms with Gasteiger partial charge in [0.1, 0.15) is 0 Å². The summed E-state index contributed by atoms with van der Waals surface area (Å²) < 4.78 is 10.9. The Bertz CT molecular complexity index is 984. The summed E-state index contributed by atoms with van der Waals surface area (Å²) in [6.07, 6.45) is 0. The molecule has 1 aromatic heterocycles. The van der Waals surface area contributed by atoms with Crippen LogP contribution in [0.3, 0.4) is 0 Å². The fraction of sp³-hybridized carbons (Fsp3) is 0.286. The van der Waals surface area contributed by atoms with Crippen LogP contribution < -0.4 is 21.2 Å². The molecule has 136 valence electrons. The Kier molecular flexibility index (Phi) is 5.77. The monoisotopic (exact) mass is 526 g/mol. The smallest absolute Gasteiger partial charge is 0.361 e. The first-order valence-electron chi connectivity index (χ1n) is 8.51. The van der Waals surface area contributed by atoms with Crippen molar-refractivity contribution in [2.45, 2.75) is 27.7 Å². The second-order valence-corrected chi connectivity index (χ2v) is 10.0. The number of esters is 1. The highest BCUT2D eigenvalue weighted by atomic mass is 127. The van der Waals surface area contributed by atoms with E-state index in [1.807, 2.05) is 24.6 Å². The Hall–Kier alpha value is -1.34. The molecule has 0 amide bonds. The zero-order valence-electron chi connectivity index (χ0n) is 15.6. The lowest BCUT2D eigenvalue weighted by atomic mass is 10.1. The Morgan fingerprint density at radius 2 is 1.77 bits per heavy atom. The van der Waals surface area contributed by atoms with Crippen molar-refractivity contribution < 1.29 is 30.7 Å². The highest BCUT2D eigenvalue weighted by Crippen LogP contribution is 2.24.